The lowest BCUT2D eigenvalue weighted by molar-refractivity contribution is -0.144. The third kappa shape index (κ3) is 4.18. The average Bonchev–Trinajstić information content (AvgIpc) is 3.10. The van der Waals surface area contributed by atoms with E-state index in [0.29, 0.717) is 6.04 Å². The minimum atomic E-state index is -0.486. The number of carbonyl (C=O) groups is 2. The molecule has 27 heavy (non-hydrogen) atoms. The molecule has 0 aromatic carbocycles. The molecule has 3 aliphatic rings. The summed E-state index contributed by atoms with van der Waals surface area (Å²) in [6.07, 6.45) is 8.05. The quantitative estimate of drug-likeness (QED) is 0.704. The molecule has 0 aromatic rings. The topological polar surface area (TPSA) is 78.4 Å². The molecule has 0 bridgehead atoms. The van der Waals surface area contributed by atoms with Crippen molar-refractivity contribution in [2.45, 2.75) is 97.2 Å². The Hall–Kier alpha value is -1.10. The van der Waals surface area contributed by atoms with Gasteiger partial charge in [-0.05, 0) is 61.7 Å². The van der Waals surface area contributed by atoms with Crippen LogP contribution in [-0.4, -0.2) is 35.1 Å². The lowest BCUT2D eigenvalue weighted by Crippen LogP contribution is -2.58. The molecule has 3 aliphatic carbocycles. The highest BCUT2D eigenvalue weighted by Gasteiger charge is 2.53. The normalized spacial score (nSPS) is 40.9. The predicted octanol–water partition coefficient (Wildman–Crippen LogP) is 3.01. The zero-order chi connectivity index (χ0) is 19.8. The van der Waals surface area contributed by atoms with Crippen molar-refractivity contribution in [3.8, 4) is 0 Å². The van der Waals surface area contributed by atoms with Crippen molar-refractivity contribution in [2.75, 3.05) is 0 Å². The molecular formula is C22H38N2O3. The number of nitrogens with one attached hydrogen (secondary N) is 2. The van der Waals surface area contributed by atoms with Gasteiger partial charge in [-0.2, -0.15) is 0 Å². The van der Waals surface area contributed by atoms with Crippen LogP contribution in [0.25, 0.3) is 0 Å². The van der Waals surface area contributed by atoms with Gasteiger partial charge in [0.2, 0.25) is 11.8 Å². The fourth-order valence-electron chi connectivity index (χ4n) is 6.36. The van der Waals surface area contributed by atoms with Gasteiger partial charge >= 0.3 is 0 Å². The molecule has 0 aliphatic heterocycles. The van der Waals surface area contributed by atoms with Crippen LogP contribution in [0.3, 0.4) is 0 Å². The van der Waals surface area contributed by atoms with E-state index in [1.807, 2.05) is 6.92 Å². The Balaban J connectivity index is 1.70. The van der Waals surface area contributed by atoms with Crippen LogP contribution in [0.4, 0.5) is 0 Å². The second-order valence-corrected chi connectivity index (χ2v) is 9.86. The maximum atomic E-state index is 12.8. The number of hydrogen-bond acceptors (Lipinski definition) is 3. The first-order valence-electron chi connectivity index (χ1n) is 11.0. The Morgan fingerprint density at radius 2 is 1.70 bits per heavy atom. The molecule has 2 amide bonds. The first-order chi connectivity index (χ1) is 12.7. The molecule has 0 aromatic heterocycles. The fraction of sp³-hybridized carbons (Fsp3) is 0.909. The summed E-state index contributed by atoms with van der Waals surface area (Å²) in [4.78, 5) is 24.4. The van der Waals surface area contributed by atoms with Gasteiger partial charge in [-0.1, -0.05) is 33.6 Å². The van der Waals surface area contributed by atoms with Gasteiger partial charge in [0.15, 0.2) is 0 Å². The number of aliphatic hydroxyl groups is 1. The fourth-order valence-corrected chi connectivity index (χ4v) is 6.36. The molecule has 0 spiro atoms. The SMILES string of the molecule is CC(=O)N[C@H]1CC[C@]2(C)CC[C@@H]([C@H](C)C(=O)NC3CCCC3)[C@H](O)[C@H]2[C@@H]1C. The molecule has 5 nitrogen and oxygen atoms in total. The van der Waals surface area contributed by atoms with Crippen molar-refractivity contribution in [1.29, 1.82) is 0 Å². The van der Waals surface area contributed by atoms with E-state index in [1.165, 1.54) is 12.8 Å². The molecule has 7 atom stereocenters. The summed E-state index contributed by atoms with van der Waals surface area (Å²) in [5.74, 6) is 0.290. The number of carbonyl (C=O) groups excluding carboxylic acids is 2. The summed E-state index contributed by atoms with van der Waals surface area (Å²) in [6, 6.07) is 0.445. The zero-order valence-electron chi connectivity index (χ0n) is 17.5. The molecule has 3 saturated carbocycles. The minimum Gasteiger partial charge on any atom is -0.392 e. The van der Waals surface area contributed by atoms with Crippen LogP contribution < -0.4 is 10.6 Å². The van der Waals surface area contributed by atoms with Crippen molar-refractivity contribution >= 4 is 11.8 Å². The van der Waals surface area contributed by atoms with Gasteiger partial charge in [-0.3, -0.25) is 9.59 Å². The van der Waals surface area contributed by atoms with Crippen molar-refractivity contribution in [1.82, 2.24) is 10.6 Å². The summed E-state index contributed by atoms with van der Waals surface area (Å²) in [7, 11) is 0. The van der Waals surface area contributed by atoms with Crippen LogP contribution in [-0.2, 0) is 9.59 Å². The van der Waals surface area contributed by atoms with Gasteiger partial charge in [-0.25, -0.2) is 0 Å². The number of aliphatic hydroxyl groups excluding tert-OH is 1. The number of rotatable bonds is 4. The van der Waals surface area contributed by atoms with Crippen LogP contribution in [0.15, 0.2) is 0 Å². The summed E-state index contributed by atoms with van der Waals surface area (Å²) < 4.78 is 0. The third-order valence-corrected chi connectivity index (χ3v) is 8.03. The smallest absolute Gasteiger partial charge is 0.223 e. The molecule has 3 rings (SSSR count). The molecule has 3 N–H and O–H groups in total. The lowest BCUT2D eigenvalue weighted by Gasteiger charge is -2.56. The molecule has 154 valence electrons. The maximum Gasteiger partial charge on any atom is 0.223 e. The molecule has 5 heteroatoms. The van der Waals surface area contributed by atoms with Gasteiger partial charge in [0.05, 0.1) is 6.10 Å². The summed E-state index contributed by atoms with van der Waals surface area (Å²) >= 11 is 0. The van der Waals surface area contributed by atoms with E-state index in [1.54, 1.807) is 6.92 Å². The highest BCUT2D eigenvalue weighted by molar-refractivity contribution is 5.79. The molecule has 0 unspecified atom stereocenters. The van der Waals surface area contributed by atoms with E-state index in [-0.39, 0.29) is 46.9 Å². The monoisotopic (exact) mass is 378 g/mol. The highest BCUT2D eigenvalue weighted by atomic mass is 16.3. The second-order valence-electron chi connectivity index (χ2n) is 9.86. The Morgan fingerprint density at radius 1 is 1.07 bits per heavy atom. The Morgan fingerprint density at radius 3 is 2.33 bits per heavy atom. The van der Waals surface area contributed by atoms with Gasteiger partial charge < -0.3 is 15.7 Å². The first kappa shape index (κ1) is 20.6. The van der Waals surface area contributed by atoms with Crippen LogP contribution in [0.2, 0.25) is 0 Å². The largest absolute Gasteiger partial charge is 0.392 e. The average molecular weight is 379 g/mol. The zero-order valence-corrected chi connectivity index (χ0v) is 17.5. The van der Waals surface area contributed by atoms with E-state index in [4.69, 9.17) is 0 Å². The van der Waals surface area contributed by atoms with Crippen LogP contribution in [0, 0.1) is 29.1 Å². The Kier molecular flexibility index (Phi) is 6.19. The van der Waals surface area contributed by atoms with E-state index in [2.05, 4.69) is 24.5 Å². The molecule has 0 radical (unpaired) electrons. The number of fused-ring (bicyclic) bond motifs is 1. The Bertz CT molecular complexity index is 560. The first-order valence-corrected chi connectivity index (χ1v) is 11.0. The van der Waals surface area contributed by atoms with E-state index < -0.39 is 6.10 Å². The number of amides is 2. The van der Waals surface area contributed by atoms with E-state index in [9.17, 15) is 14.7 Å². The van der Waals surface area contributed by atoms with Gasteiger partial charge in [-0.15, -0.1) is 0 Å². The number of hydrogen-bond donors (Lipinski definition) is 3. The van der Waals surface area contributed by atoms with Crippen molar-refractivity contribution in [2.24, 2.45) is 29.1 Å². The van der Waals surface area contributed by atoms with Crippen LogP contribution >= 0.6 is 0 Å². The van der Waals surface area contributed by atoms with Crippen molar-refractivity contribution in [3.05, 3.63) is 0 Å². The standard InChI is InChI=1S/C22H38N2O3/c1-13(21(27)24-16-7-5-6-8-16)17-9-11-22(4)12-10-18(23-15(3)25)14(2)19(22)20(17)26/h13-14,16-20,26H,5-12H2,1-4H3,(H,23,25)(H,24,27)/t13-,14+,17-,18-,19+,20-,22-/m0/s1. The summed E-state index contributed by atoms with van der Waals surface area (Å²) in [5, 5.41) is 17.6. The van der Waals surface area contributed by atoms with Gasteiger partial charge in [0.25, 0.3) is 0 Å². The predicted molar refractivity (Wildman–Crippen MR) is 106 cm³/mol. The molecule has 3 fully saturated rings. The molecular weight excluding hydrogens is 340 g/mol. The molecule has 0 heterocycles. The van der Waals surface area contributed by atoms with Crippen LogP contribution in [0.1, 0.15) is 79.1 Å². The minimum absolute atomic E-state index is 0.00149. The van der Waals surface area contributed by atoms with Crippen LogP contribution in [0.5, 0.6) is 0 Å². The van der Waals surface area contributed by atoms with Gasteiger partial charge in [0.1, 0.15) is 0 Å². The lowest BCUT2D eigenvalue weighted by atomic mass is 9.51. The van der Waals surface area contributed by atoms with E-state index >= 15 is 0 Å². The third-order valence-electron chi connectivity index (χ3n) is 8.03. The van der Waals surface area contributed by atoms with E-state index in [0.717, 1.165) is 38.5 Å². The summed E-state index contributed by atoms with van der Waals surface area (Å²) in [6.45, 7) is 8.01. The second kappa shape index (κ2) is 8.10. The van der Waals surface area contributed by atoms with Gasteiger partial charge in [0, 0.05) is 24.9 Å². The maximum absolute atomic E-state index is 12.8. The summed E-state index contributed by atoms with van der Waals surface area (Å²) in [5.41, 5.74) is 0.103. The van der Waals surface area contributed by atoms with Crippen molar-refractivity contribution < 1.29 is 14.7 Å². The Labute approximate surface area is 164 Å². The molecule has 0 saturated heterocycles. The van der Waals surface area contributed by atoms with Crippen molar-refractivity contribution in [3.63, 3.8) is 0 Å². The highest BCUT2D eigenvalue weighted by Crippen LogP contribution is 2.55.